The number of nitrogens with zero attached hydrogens (tertiary/aromatic N) is 6. The fourth-order valence-electron chi connectivity index (χ4n) is 4.72. The van der Waals surface area contributed by atoms with E-state index in [0.717, 1.165) is 35.4 Å². The molecule has 2 N–H and O–H groups in total. The van der Waals surface area contributed by atoms with Crippen LogP contribution in [0.3, 0.4) is 0 Å². The van der Waals surface area contributed by atoms with Crippen molar-refractivity contribution in [2.75, 3.05) is 24.2 Å². The van der Waals surface area contributed by atoms with E-state index in [4.69, 9.17) is 15.7 Å². The molecule has 7 nitrogen and oxygen atoms in total. The van der Waals surface area contributed by atoms with Gasteiger partial charge in [-0.3, -0.25) is 4.98 Å². The Bertz CT molecular complexity index is 1220. The summed E-state index contributed by atoms with van der Waals surface area (Å²) < 4.78 is 0. The van der Waals surface area contributed by atoms with Crippen molar-refractivity contribution in [3.63, 3.8) is 0 Å². The van der Waals surface area contributed by atoms with E-state index in [1.165, 1.54) is 49.6 Å². The molecule has 4 aromatic rings. The summed E-state index contributed by atoms with van der Waals surface area (Å²) in [6.07, 6.45) is 14.2. The van der Waals surface area contributed by atoms with E-state index in [0.29, 0.717) is 17.4 Å². The van der Waals surface area contributed by atoms with Crippen molar-refractivity contribution in [2.45, 2.75) is 44.4 Å². The minimum Gasteiger partial charge on any atom is -0.383 e. The molecule has 1 saturated carbocycles. The SMILES string of the molecule is CN(CCc1ccncc1)c1ccc(-c2cc(C3CCCCC3)c3c(N)ncnc3n2)cn1. The number of anilines is 2. The number of pyridine rings is 3. The minimum absolute atomic E-state index is 0.475. The Morgan fingerprint density at radius 1 is 1.00 bits per heavy atom. The van der Waals surface area contributed by atoms with Crippen molar-refractivity contribution in [3.8, 4) is 11.3 Å². The van der Waals surface area contributed by atoms with Crippen molar-refractivity contribution in [1.82, 2.24) is 24.9 Å². The summed E-state index contributed by atoms with van der Waals surface area (Å²) in [7, 11) is 2.07. The van der Waals surface area contributed by atoms with Gasteiger partial charge in [0.2, 0.25) is 0 Å². The standard InChI is InChI=1S/C26H29N7/c1-33(14-11-18-9-12-28-13-10-18)23-8-7-20(16-29-23)22-15-21(19-5-3-2-4-6-19)24-25(27)30-17-31-26(24)32-22/h7-10,12-13,15-17,19H,2-6,11,14H2,1H3,(H2,27,30,31,32). The van der Waals surface area contributed by atoms with Gasteiger partial charge in [0.05, 0.1) is 11.1 Å². The highest BCUT2D eigenvalue weighted by molar-refractivity contribution is 5.90. The van der Waals surface area contributed by atoms with Crippen molar-refractivity contribution in [3.05, 3.63) is 66.4 Å². The first-order chi connectivity index (χ1) is 16.2. The van der Waals surface area contributed by atoms with Crippen LogP contribution in [0, 0.1) is 0 Å². The van der Waals surface area contributed by atoms with Crippen molar-refractivity contribution in [1.29, 1.82) is 0 Å². The molecule has 1 fully saturated rings. The van der Waals surface area contributed by atoms with Crippen LogP contribution in [0.5, 0.6) is 0 Å². The monoisotopic (exact) mass is 439 g/mol. The Morgan fingerprint density at radius 3 is 2.58 bits per heavy atom. The Hall–Kier alpha value is -3.61. The van der Waals surface area contributed by atoms with Crippen LogP contribution >= 0.6 is 0 Å². The van der Waals surface area contributed by atoms with E-state index in [2.05, 4.69) is 57.2 Å². The molecule has 4 aromatic heterocycles. The van der Waals surface area contributed by atoms with E-state index < -0.39 is 0 Å². The zero-order valence-electron chi connectivity index (χ0n) is 19.0. The average molecular weight is 440 g/mol. The summed E-state index contributed by atoms with van der Waals surface area (Å²) in [6.45, 7) is 0.882. The first-order valence-electron chi connectivity index (χ1n) is 11.7. The van der Waals surface area contributed by atoms with E-state index >= 15 is 0 Å². The second-order valence-corrected chi connectivity index (χ2v) is 8.82. The van der Waals surface area contributed by atoms with Gasteiger partial charge in [-0.1, -0.05) is 19.3 Å². The molecule has 7 heteroatoms. The maximum absolute atomic E-state index is 6.26. The molecule has 0 aromatic carbocycles. The summed E-state index contributed by atoms with van der Waals surface area (Å²) in [6, 6.07) is 10.4. The summed E-state index contributed by atoms with van der Waals surface area (Å²) in [5, 5.41) is 0.911. The highest BCUT2D eigenvalue weighted by atomic mass is 15.2. The van der Waals surface area contributed by atoms with Crippen molar-refractivity contribution < 1.29 is 0 Å². The number of aromatic nitrogens is 5. The number of nitrogens with two attached hydrogens (primary N) is 1. The Labute approximate surface area is 194 Å². The summed E-state index contributed by atoms with van der Waals surface area (Å²) in [5.74, 6) is 1.93. The zero-order valence-corrected chi connectivity index (χ0v) is 19.0. The smallest absolute Gasteiger partial charge is 0.165 e. The van der Waals surface area contributed by atoms with Gasteiger partial charge in [-0.05, 0) is 66.6 Å². The molecule has 1 aliphatic carbocycles. The largest absolute Gasteiger partial charge is 0.383 e. The molecule has 1 aliphatic rings. The highest BCUT2D eigenvalue weighted by Crippen LogP contribution is 2.38. The quantitative estimate of drug-likeness (QED) is 0.461. The van der Waals surface area contributed by atoms with Crippen LogP contribution in [0.4, 0.5) is 11.6 Å². The average Bonchev–Trinajstić information content (AvgIpc) is 2.88. The highest BCUT2D eigenvalue weighted by Gasteiger charge is 2.22. The van der Waals surface area contributed by atoms with Gasteiger partial charge >= 0.3 is 0 Å². The van der Waals surface area contributed by atoms with E-state index in [1.54, 1.807) is 0 Å². The lowest BCUT2D eigenvalue weighted by Gasteiger charge is -2.24. The molecule has 0 saturated heterocycles. The number of likely N-dealkylation sites (N-methyl/N-ethyl adjacent to an activating group) is 1. The molecular weight excluding hydrogens is 410 g/mol. The van der Waals surface area contributed by atoms with Crippen LogP contribution in [-0.2, 0) is 6.42 Å². The molecule has 0 spiro atoms. The molecule has 4 heterocycles. The molecule has 0 amide bonds. The van der Waals surface area contributed by atoms with Crippen LogP contribution in [0.1, 0.15) is 49.1 Å². The first-order valence-corrected chi connectivity index (χ1v) is 11.7. The maximum atomic E-state index is 6.26. The van der Waals surface area contributed by atoms with E-state index in [9.17, 15) is 0 Å². The molecule has 168 valence electrons. The van der Waals surface area contributed by atoms with Crippen LogP contribution in [0.15, 0.2) is 55.2 Å². The van der Waals surface area contributed by atoms with Gasteiger partial charge in [0.15, 0.2) is 5.65 Å². The number of hydrogen-bond acceptors (Lipinski definition) is 7. The number of rotatable bonds is 6. The third kappa shape index (κ3) is 4.62. The fourth-order valence-corrected chi connectivity index (χ4v) is 4.72. The van der Waals surface area contributed by atoms with E-state index in [1.807, 2.05) is 18.6 Å². The molecule has 33 heavy (non-hydrogen) atoms. The van der Waals surface area contributed by atoms with Crippen molar-refractivity contribution in [2.24, 2.45) is 0 Å². The lowest BCUT2D eigenvalue weighted by Crippen LogP contribution is -2.21. The first kappa shape index (κ1) is 21.2. The topological polar surface area (TPSA) is 93.7 Å². The van der Waals surface area contributed by atoms with Crippen LogP contribution < -0.4 is 10.6 Å². The minimum atomic E-state index is 0.475. The number of fused-ring (bicyclic) bond motifs is 1. The van der Waals surface area contributed by atoms with Crippen LogP contribution in [0.25, 0.3) is 22.3 Å². The molecule has 0 unspecified atom stereocenters. The molecule has 0 radical (unpaired) electrons. The van der Waals surface area contributed by atoms with Gasteiger partial charge in [-0.2, -0.15) is 0 Å². The normalized spacial score (nSPS) is 14.5. The Balaban J connectivity index is 1.41. The predicted molar refractivity (Wildman–Crippen MR) is 132 cm³/mol. The van der Waals surface area contributed by atoms with E-state index in [-0.39, 0.29) is 0 Å². The summed E-state index contributed by atoms with van der Waals surface area (Å²) in [4.78, 5) is 24.5. The fraction of sp³-hybridized carbons (Fsp3) is 0.346. The molecular formula is C26H29N7. The number of nitrogen functional groups attached to an aromatic ring is 1. The predicted octanol–water partition coefficient (Wildman–Crippen LogP) is 4.79. The molecule has 0 atom stereocenters. The second-order valence-electron chi connectivity index (χ2n) is 8.82. The lowest BCUT2D eigenvalue weighted by atomic mass is 9.82. The zero-order chi connectivity index (χ0) is 22.6. The van der Waals surface area contributed by atoms with Crippen LogP contribution in [-0.4, -0.2) is 38.5 Å². The van der Waals surface area contributed by atoms with Crippen LogP contribution in [0.2, 0.25) is 0 Å². The second kappa shape index (κ2) is 9.48. The third-order valence-electron chi connectivity index (χ3n) is 6.63. The van der Waals surface area contributed by atoms with Gasteiger partial charge in [0, 0.05) is 37.7 Å². The molecule has 0 aliphatic heterocycles. The number of hydrogen-bond donors (Lipinski definition) is 1. The van der Waals surface area contributed by atoms with Gasteiger partial charge in [-0.15, -0.1) is 0 Å². The summed E-state index contributed by atoms with van der Waals surface area (Å²) in [5.41, 5.74) is 11.3. The summed E-state index contributed by atoms with van der Waals surface area (Å²) >= 11 is 0. The van der Waals surface area contributed by atoms with Gasteiger partial charge < -0.3 is 10.6 Å². The molecule has 0 bridgehead atoms. The lowest BCUT2D eigenvalue weighted by molar-refractivity contribution is 0.445. The molecule has 5 rings (SSSR count). The van der Waals surface area contributed by atoms with Gasteiger partial charge in [0.25, 0.3) is 0 Å². The Kier molecular flexibility index (Phi) is 6.11. The van der Waals surface area contributed by atoms with Crippen molar-refractivity contribution >= 4 is 22.7 Å². The van der Waals surface area contributed by atoms with Gasteiger partial charge in [-0.25, -0.2) is 19.9 Å². The maximum Gasteiger partial charge on any atom is 0.165 e. The third-order valence-corrected chi connectivity index (χ3v) is 6.63. The van der Waals surface area contributed by atoms with Gasteiger partial charge in [0.1, 0.15) is 18.0 Å². The Morgan fingerprint density at radius 2 is 1.82 bits per heavy atom.